The number of aliphatic hydroxyl groups is 3. The summed E-state index contributed by atoms with van der Waals surface area (Å²) >= 11 is 0. The molecule has 6 heteroatoms. The first-order valence-electron chi connectivity index (χ1n) is 7.06. The molecule has 0 aliphatic heterocycles. The molecule has 0 bridgehead atoms. The summed E-state index contributed by atoms with van der Waals surface area (Å²) in [6.07, 6.45) is 0.756. The third kappa shape index (κ3) is 6.44. The maximum atomic E-state index is 9.75. The quantitative estimate of drug-likeness (QED) is 0.517. The van der Waals surface area contributed by atoms with Gasteiger partial charge in [-0.3, -0.25) is 0 Å². The van der Waals surface area contributed by atoms with E-state index in [1.165, 1.54) is 0 Å². The predicted molar refractivity (Wildman–Crippen MR) is 82.3 cm³/mol. The lowest BCUT2D eigenvalue weighted by Gasteiger charge is -2.16. The molecule has 0 aromatic heterocycles. The standard InChI is InChI=1S/C16H24O6/c1-3-4-12-5-6-15(16(7-12)20-2)22-11-14(19)10-21-9-13(18)8-17/h3,5-7,13-14,17-19H,1,4,8-11H2,2H3. The van der Waals surface area contributed by atoms with Gasteiger partial charge in [0.15, 0.2) is 11.5 Å². The number of methoxy groups -OCH3 is 1. The van der Waals surface area contributed by atoms with Crippen LogP contribution in [0.3, 0.4) is 0 Å². The molecule has 3 N–H and O–H groups in total. The summed E-state index contributed by atoms with van der Waals surface area (Å²) in [7, 11) is 1.55. The number of hydrogen-bond donors (Lipinski definition) is 3. The molecule has 0 spiro atoms. The molecule has 1 aromatic rings. The molecule has 0 aliphatic carbocycles. The highest BCUT2D eigenvalue weighted by atomic mass is 16.5. The molecule has 2 atom stereocenters. The van der Waals surface area contributed by atoms with Crippen molar-refractivity contribution in [2.75, 3.05) is 33.5 Å². The van der Waals surface area contributed by atoms with Crippen LogP contribution in [0.2, 0.25) is 0 Å². The van der Waals surface area contributed by atoms with Gasteiger partial charge in [-0.1, -0.05) is 12.1 Å². The van der Waals surface area contributed by atoms with Crippen LogP contribution < -0.4 is 9.47 Å². The summed E-state index contributed by atoms with van der Waals surface area (Å²) in [5.41, 5.74) is 1.06. The average Bonchev–Trinajstić information content (AvgIpc) is 2.53. The number of ether oxygens (including phenoxy) is 3. The molecule has 2 unspecified atom stereocenters. The van der Waals surface area contributed by atoms with Gasteiger partial charge in [0.1, 0.15) is 18.8 Å². The molecule has 6 nitrogen and oxygen atoms in total. The third-order valence-electron chi connectivity index (χ3n) is 2.87. The molecule has 0 aliphatic rings. The first-order valence-corrected chi connectivity index (χ1v) is 7.06. The van der Waals surface area contributed by atoms with E-state index in [-0.39, 0.29) is 26.4 Å². The van der Waals surface area contributed by atoms with Crippen molar-refractivity contribution in [3.63, 3.8) is 0 Å². The fraction of sp³-hybridized carbons (Fsp3) is 0.500. The average molecular weight is 312 g/mol. The number of aliphatic hydroxyl groups excluding tert-OH is 3. The zero-order valence-corrected chi connectivity index (χ0v) is 12.8. The minimum Gasteiger partial charge on any atom is -0.493 e. The Bertz CT molecular complexity index is 448. The summed E-state index contributed by atoms with van der Waals surface area (Å²) in [4.78, 5) is 0. The second kappa shape index (κ2) is 10.2. The Labute approximate surface area is 130 Å². The molecular weight excluding hydrogens is 288 g/mol. The van der Waals surface area contributed by atoms with Crippen LogP contribution in [-0.4, -0.2) is 61.1 Å². The highest BCUT2D eigenvalue weighted by Gasteiger charge is 2.11. The Balaban J connectivity index is 2.44. The number of benzene rings is 1. The van der Waals surface area contributed by atoms with Gasteiger partial charge in [0.25, 0.3) is 0 Å². The zero-order valence-electron chi connectivity index (χ0n) is 12.8. The largest absolute Gasteiger partial charge is 0.493 e. The van der Waals surface area contributed by atoms with Gasteiger partial charge in [-0.25, -0.2) is 0 Å². The van der Waals surface area contributed by atoms with Crippen molar-refractivity contribution in [1.29, 1.82) is 0 Å². The van der Waals surface area contributed by atoms with Crippen LogP contribution in [0.25, 0.3) is 0 Å². The van der Waals surface area contributed by atoms with Gasteiger partial charge < -0.3 is 29.5 Å². The lowest BCUT2D eigenvalue weighted by molar-refractivity contribution is -0.0338. The number of hydrogen-bond acceptors (Lipinski definition) is 6. The molecule has 1 rings (SSSR count). The zero-order chi connectivity index (χ0) is 16.4. The Morgan fingerprint density at radius 1 is 1.14 bits per heavy atom. The molecule has 124 valence electrons. The lowest BCUT2D eigenvalue weighted by Crippen LogP contribution is -2.27. The van der Waals surface area contributed by atoms with Crippen molar-refractivity contribution in [1.82, 2.24) is 0 Å². The normalized spacial score (nSPS) is 13.5. The van der Waals surface area contributed by atoms with Crippen LogP contribution in [0.4, 0.5) is 0 Å². The molecular formula is C16H24O6. The van der Waals surface area contributed by atoms with Crippen LogP contribution in [0, 0.1) is 0 Å². The topological polar surface area (TPSA) is 88.4 Å². The Morgan fingerprint density at radius 2 is 1.86 bits per heavy atom. The van der Waals surface area contributed by atoms with Crippen molar-refractivity contribution < 1.29 is 29.5 Å². The summed E-state index contributed by atoms with van der Waals surface area (Å²) < 4.78 is 15.8. The summed E-state index contributed by atoms with van der Waals surface area (Å²) in [5.74, 6) is 1.12. The molecule has 1 aromatic carbocycles. The van der Waals surface area contributed by atoms with Crippen LogP contribution in [0.5, 0.6) is 11.5 Å². The van der Waals surface area contributed by atoms with Crippen molar-refractivity contribution in [3.05, 3.63) is 36.4 Å². The van der Waals surface area contributed by atoms with Gasteiger partial charge in [0.2, 0.25) is 0 Å². The summed E-state index contributed by atoms with van der Waals surface area (Å²) in [6.45, 7) is 3.32. The minimum atomic E-state index is -0.939. The van der Waals surface area contributed by atoms with Crippen molar-refractivity contribution in [3.8, 4) is 11.5 Å². The van der Waals surface area contributed by atoms with Gasteiger partial charge in [-0.05, 0) is 24.1 Å². The van der Waals surface area contributed by atoms with Gasteiger partial charge in [0, 0.05) is 0 Å². The fourth-order valence-corrected chi connectivity index (χ4v) is 1.75. The maximum absolute atomic E-state index is 9.75. The molecule has 22 heavy (non-hydrogen) atoms. The predicted octanol–water partition coefficient (Wildman–Crippen LogP) is 0.533. The second-order valence-corrected chi connectivity index (χ2v) is 4.82. The van der Waals surface area contributed by atoms with Crippen LogP contribution in [-0.2, 0) is 11.2 Å². The number of rotatable bonds is 11. The molecule has 0 saturated carbocycles. The second-order valence-electron chi connectivity index (χ2n) is 4.82. The first kappa shape index (κ1) is 18.4. The van der Waals surface area contributed by atoms with Crippen LogP contribution >= 0.6 is 0 Å². The van der Waals surface area contributed by atoms with Gasteiger partial charge >= 0.3 is 0 Å². The van der Waals surface area contributed by atoms with Gasteiger partial charge in [0.05, 0.1) is 26.9 Å². The van der Waals surface area contributed by atoms with E-state index in [9.17, 15) is 5.11 Å². The number of allylic oxidation sites excluding steroid dienone is 1. The maximum Gasteiger partial charge on any atom is 0.161 e. The van der Waals surface area contributed by atoms with E-state index < -0.39 is 12.2 Å². The van der Waals surface area contributed by atoms with E-state index in [0.29, 0.717) is 11.5 Å². The highest BCUT2D eigenvalue weighted by molar-refractivity contribution is 5.43. The van der Waals surface area contributed by atoms with Crippen LogP contribution in [0.1, 0.15) is 5.56 Å². The van der Waals surface area contributed by atoms with Crippen molar-refractivity contribution in [2.45, 2.75) is 18.6 Å². The van der Waals surface area contributed by atoms with E-state index in [4.69, 9.17) is 24.4 Å². The van der Waals surface area contributed by atoms with E-state index in [2.05, 4.69) is 6.58 Å². The molecule has 0 heterocycles. The van der Waals surface area contributed by atoms with E-state index in [0.717, 1.165) is 12.0 Å². The van der Waals surface area contributed by atoms with E-state index in [1.807, 2.05) is 12.1 Å². The van der Waals surface area contributed by atoms with Crippen LogP contribution in [0.15, 0.2) is 30.9 Å². The van der Waals surface area contributed by atoms with E-state index in [1.54, 1.807) is 19.3 Å². The smallest absolute Gasteiger partial charge is 0.161 e. The third-order valence-corrected chi connectivity index (χ3v) is 2.87. The molecule has 0 radical (unpaired) electrons. The lowest BCUT2D eigenvalue weighted by atomic mass is 10.1. The Morgan fingerprint density at radius 3 is 2.50 bits per heavy atom. The summed E-state index contributed by atoms with van der Waals surface area (Å²) in [5, 5.41) is 27.5. The van der Waals surface area contributed by atoms with Crippen molar-refractivity contribution >= 4 is 0 Å². The van der Waals surface area contributed by atoms with E-state index >= 15 is 0 Å². The Hall–Kier alpha value is -1.60. The summed E-state index contributed by atoms with van der Waals surface area (Å²) in [6, 6.07) is 5.54. The SMILES string of the molecule is C=CCc1ccc(OCC(O)COCC(O)CO)c(OC)c1. The molecule has 0 amide bonds. The first-order chi connectivity index (χ1) is 10.6. The van der Waals surface area contributed by atoms with Gasteiger partial charge in [-0.15, -0.1) is 6.58 Å². The molecule has 0 fully saturated rings. The fourth-order valence-electron chi connectivity index (χ4n) is 1.75. The molecule has 0 saturated heterocycles. The van der Waals surface area contributed by atoms with Crippen molar-refractivity contribution in [2.24, 2.45) is 0 Å². The van der Waals surface area contributed by atoms with Gasteiger partial charge in [-0.2, -0.15) is 0 Å². The minimum absolute atomic E-state index is 0.00786. The monoisotopic (exact) mass is 312 g/mol. The Kier molecular flexibility index (Phi) is 8.54. The highest BCUT2D eigenvalue weighted by Crippen LogP contribution is 2.28.